The molecule has 19 heavy (non-hydrogen) atoms. The highest BCUT2D eigenvalue weighted by molar-refractivity contribution is 5.85. The standard InChI is InChI=1S/C12H11N3O4/c1-19-8-3-2-7(10(16)4-8)5-13-9-6-14-12(18)15-11(9)17/h2-6,16H,1H3,(H2,14,15,17,18)/b13-5+. The minimum atomic E-state index is -0.604. The molecule has 0 amide bonds. The van der Waals surface area contributed by atoms with Crippen LogP contribution in [0.2, 0.25) is 0 Å². The number of aromatic hydroxyl groups is 1. The zero-order valence-corrected chi connectivity index (χ0v) is 10.0. The predicted octanol–water partition coefficient (Wildman–Crippen LogP) is 0.528. The number of rotatable bonds is 3. The second-order valence-electron chi connectivity index (χ2n) is 3.64. The maximum atomic E-state index is 11.4. The van der Waals surface area contributed by atoms with Crippen LogP contribution in [0.15, 0.2) is 39.0 Å². The molecule has 1 heterocycles. The number of hydrogen-bond donors (Lipinski definition) is 3. The molecule has 7 heteroatoms. The number of nitrogens with one attached hydrogen (secondary N) is 2. The van der Waals surface area contributed by atoms with Crippen molar-refractivity contribution in [2.45, 2.75) is 0 Å². The van der Waals surface area contributed by atoms with E-state index in [1.54, 1.807) is 12.1 Å². The van der Waals surface area contributed by atoms with E-state index in [2.05, 4.69) is 9.98 Å². The SMILES string of the molecule is COc1ccc(/C=N/c2c[nH]c(=O)[nH]c2=O)c(O)c1. The van der Waals surface area contributed by atoms with Crippen molar-refractivity contribution >= 4 is 11.9 Å². The lowest BCUT2D eigenvalue weighted by molar-refractivity contribution is 0.407. The first-order valence-electron chi connectivity index (χ1n) is 5.33. The highest BCUT2D eigenvalue weighted by Gasteiger charge is 2.01. The molecule has 0 aliphatic carbocycles. The Morgan fingerprint density at radius 3 is 2.79 bits per heavy atom. The van der Waals surface area contributed by atoms with Crippen LogP contribution in [0.1, 0.15) is 5.56 Å². The normalized spacial score (nSPS) is 10.8. The molecule has 0 aliphatic heterocycles. The Morgan fingerprint density at radius 1 is 1.37 bits per heavy atom. The predicted molar refractivity (Wildman–Crippen MR) is 69.6 cm³/mol. The number of H-pyrrole nitrogens is 2. The number of phenolic OH excluding ortho intramolecular Hbond substituents is 1. The van der Waals surface area contributed by atoms with Crippen molar-refractivity contribution in [3.8, 4) is 11.5 Å². The van der Waals surface area contributed by atoms with Gasteiger partial charge < -0.3 is 14.8 Å². The van der Waals surface area contributed by atoms with E-state index >= 15 is 0 Å². The van der Waals surface area contributed by atoms with Crippen LogP contribution in [0.25, 0.3) is 0 Å². The monoisotopic (exact) mass is 261 g/mol. The molecule has 1 aromatic carbocycles. The van der Waals surface area contributed by atoms with Crippen LogP contribution in [-0.4, -0.2) is 28.4 Å². The fourth-order valence-electron chi connectivity index (χ4n) is 1.40. The van der Waals surface area contributed by atoms with E-state index in [0.717, 1.165) is 0 Å². The molecule has 0 atom stereocenters. The third-order valence-electron chi connectivity index (χ3n) is 2.38. The number of aromatic amines is 2. The number of methoxy groups -OCH3 is 1. The lowest BCUT2D eigenvalue weighted by Gasteiger charge is -2.02. The molecule has 0 radical (unpaired) electrons. The highest BCUT2D eigenvalue weighted by atomic mass is 16.5. The Bertz CT molecular complexity index is 730. The summed E-state index contributed by atoms with van der Waals surface area (Å²) in [4.78, 5) is 30.4. The van der Waals surface area contributed by atoms with E-state index in [-0.39, 0.29) is 11.4 Å². The van der Waals surface area contributed by atoms with Gasteiger partial charge in [-0.05, 0) is 12.1 Å². The molecule has 0 saturated carbocycles. The zero-order valence-electron chi connectivity index (χ0n) is 10.0. The molecule has 2 rings (SSSR count). The van der Waals surface area contributed by atoms with Crippen LogP contribution in [-0.2, 0) is 0 Å². The fourth-order valence-corrected chi connectivity index (χ4v) is 1.40. The van der Waals surface area contributed by atoms with Gasteiger partial charge >= 0.3 is 5.69 Å². The van der Waals surface area contributed by atoms with Crippen molar-refractivity contribution in [1.82, 2.24) is 9.97 Å². The van der Waals surface area contributed by atoms with Gasteiger partial charge in [0, 0.05) is 24.0 Å². The summed E-state index contributed by atoms with van der Waals surface area (Å²) in [5.74, 6) is 0.487. The van der Waals surface area contributed by atoms with Crippen molar-refractivity contribution in [2.75, 3.05) is 7.11 Å². The number of ether oxygens (including phenoxy) is 1. The molecule has 0 fully saturated rings. The van der Waals surface area contributed by atoms with Gasteiger partial charge in [-0.15, -0.1) is 0 Å². The molecule has 0 bridgehead atoms. The summed E-state index contributed by atoms with van der Waals surface area (Å²) in [5.41, 5.74) is -0.745. The van der Waals surface area contributed by atoms with Crippen LogP contribution < -0.4 is 16.0 Å². The molecule has 3 N–H and O–H groups in total. The Kier molecular flexibility index (Phi) is 3.46. The summed E-state index contributed by atoms with van der Waals surface area (Å²) in [7, 11) is 1.49. The minimum Gasteiger partial charge on any atom is -0.507 e. The first-order valence-corrected chi connectivity index (χ1v) is 5.33. The maximum Gasteiger partial charge on any atom is 0.325 e. The maximum absolute atomic E-state index is 11.4. The van der Waals surface area contributed by atoms with Crippen molar-refractivity contribution < 1.29 is 9.84 Å². The lowest BCUT2D eigenvalue weighted by Crippen LogP contribution is -2.20. The van der Waals surface area contributed by atoms with Crippen molar-refractivity contribution in [3.63, 3.8) is 0 Å². The summed E-state index contributed by atoms with van der Waals surface area (Å²) < 4.78 is 4.95. The zero-order chi connectivity index (χ0) is 13.8. The molecular formula is C12H11N3O4. The summed E-state index contributed by atoms with van der Waals surface area (Å²) in [6.45, 7) is 0. The van der Waals surface area contributed by atoms with Gasteiger partial charge in [0.2, 0.25) is 0 Å². The number of benzene rings is 1. The van der Waals surface area contributed by atoms with Gasteiger partial charge in [-0.3, -0.25) is 9.78 Å². The molecule has 0 spiro atoms. The van der Waals surface area contributed by atoms with Gasteiger partial charge in [0.15, 0.2) is 0 Å². The van der Waals surface area contributed by atoms with E-state index in [0.29, 0.717) is 11.3 Å². The van der Waals surface area contributed by atoms with E-state index in [1.807, 2.05) is 4.98 Å². The Labute approximate surface area is 107 Å². The number of phenols is 1. The molecule has 98 valence electrons. The van der Waals surface area contributed by atoms with Gasteiger partial charge in [-0.1, -0.05) is 0 Å². The highest BCUT2D eigenvalue weighted by Crippen LogP contribution is 2.22. The topological polar surface area (TPSA) is 108 Å². The summed E-state index contributed by atoms with van der Waals surface area (Å²) >= 11 is 0. The first kappa shape index (κ1) is 12.6. The Balaban J connectivity index is 2.32. The third kappa shape index (κ3) is 2.89. The fraction of sp³-hybridized carbons (Fsp3) is 0.0833. The molecule has 0 saturated heterocycles. The number of nitrogens with zero attached hydrogens (tertiary/aromatic N) is 1. The summed E-state index contributed by atoms with van der Waals surface area (Å²) in [6, 6.07) is 4.67. The molecule has 0 unspecified atom stereocenters. The van der Waals surface area contributed by atoms with Gasteiger partial charge in [0.25, 0.3) is 5.56 Å². The van der Waals surface area contributed by atoms with Gasteiger partial charge in [0.1, 0.15) is 17.2 Å². The average Bonchev–Trinajstić information content (AvgIpc) is 2.39. The second kappa shape index (κ2) is 5.21. The van der Waals surface area contributed by atoms with Crippen molar-refractivity contribution in [3.05, 3.63) is 50.8 Å². The van der Waals surface area contributed by atoms with Gasteiger partial charge in [-0.2, -0.15) is 0 Å². The molecule has 2 aromatic rings. The number of aliphatic imine (C=N–C) groups is 1. The third-order valence-corrected chi connectivity index (χ3v) is 2.38. The van der Waals surface area contributed by atoms with E-state index in [9.17, 15) is 14.7 Å². The van der Waals surface area contributed by atoms with Crippen molar-refractivity contribution in [2.24, 2.45) is 4.99 Å². The molecule has 0 aliphatic rings. The van der Waals surface area contributed by atoms with E-state index in [1.165, 1.54) is 25.6 Å². The van der Waals surface area contributed by atoms with Crippen LogP contribution in [0.4, 0.5) is 5.69 Å². The van der Waals surface area contributed by atoms with E-state index in [4.69, 9.17) is 4.74 Å². The van der Waals surface area contributed by atoms with Crippen molar-refractivity contribution in [1.29, 1.82) is 0 Å². The lowest BCUT2D eigenvalue weighted by atomic mass is 10.2. The number of aromatic nitrogens is 2. The molecule has 1 aromatic heterocycles. The smallest absolute Gasteiger partial charge is 0.325 e. The Morgan fingerprint density at radius 2 is 2.16 bits per heavy atom. The number of hydrogen-bond acceptors (Lipinski definition) is 5. The molecular weight excluding hydrogens is 250 g/mol. The van der Waals surface area contributed by atoms with Crippen LogP contribution in [0.3, 0.4) is 0 Å². The quantitative estimate of drug-likeness (QED) is 0.700. The van der Waals surface area contributed by atoms with Crippen LogP contribution in [0, 0.1) is 0 Å². The average molecular weight is 261 g/mol. The van der Waals surface area contributed by atoms with Gasteiger partial charge in [-0.25, -0.2) is 9.79 Å². The Hall–Kier alpha value is -2.83. The van der Waals surface area contributed by atoms with E-state index < -0.39 is 11.2 Å². The van der Waals surface area contributed by atoms with Gasteiger partial charge in [0.05, 0.1) is 7.11 Å². The largest absolute Gasteiger partial charge is 0.507 e. The summed E-state index contributed by atoms with van der Waals surface area (Å²) in [6.07, 6.45) is 2.51. The minimum absolute atomic E-state index is 0.0241. The molecule has 7 nitrogen and oxygen atoms in total. The van der Waals surface area contributed by atoms with Crippen LogP contribution in [0.5, 0.6) is 11.5 Å². The summed E-state index contributed by atoms with van der Waals surface area (Å²) in [5, 5.41) is 9.70. The first-order chi connectivity index (χ1) is 9.10. The second-order valence-corrected chi connectivity index (χ2v) is 3.64. The van der Waals surface area contributed by atoms with Crippen LogP contribution >= 0.6 is 0 Å².